The molecule has 2 N–H and O–H groups in total. The molecule has 0 aromatic heterocycles. The summed E-state index contributed by atoms with van der Waals surface area (Å²) in [5, 5.41) is 5.32. The van der Waals surface area contributed by atoms with Gasteiger partial charge in [0.15, 0.2) is 0 Å². The van der Waals surface area contributed by atoms with Gasteiger partial charge in [-0.15, -0.1) is 0 Å². The van der Waals surface area contributed by atoms with Crippen molar-refractivity contribution in [2.45, 2.75) is 63.7 Å². The molecular weight excluding hydrogens is 317 g/mol. The molecule has 0 bridgehead atoms. The molecule has 1 aliphatic rings. The first kappa shape index (κ1) is 18.8. The van der Waals surface area contributed by atoms with Gasteiger partial charge in [-0.1, -0.05) is 45.0 Å². The van der Waals surface area contributed by atoms with Crippen molar-refractivity contribution >= 4 is 5.91 Å². The minimum atomic E-state index is -4.85. The lowest BCUT2D eigenvalue weighted by atomic mass is 9.82. The average Bonchev–Trinajstić information content (AvgIpc) is 2.47. The van der Waals surface area contributed by atoms with Gasteiger partial charge < -0.3 is 10.6 Å². The van der Waals surface area contributed by atoms with Crippen LogP contribution in [0.5, 0.6) is 0 Å². The monoisotopic (exact) mass is 342 g/mol. The van der Waals surface area contributed by atoms with Gasteiger partial charge in [-0.05, 0) is 35.8 Å². The van der Waals surface area contributed by atoms with Gasteiger partial charge in [-0.2, -0.15) is 13.2 Å². The number of hydrogen-bond acceptors (Lipinski definition) is 2. The van der Waals surface area contributed by atoms with Crippen molar-refractivity contribution in [1.29, 1.82) is 0 Å². The van der Waals surface area contributed by atoms with Crippen LogP contribution in [0.25, 0.3) is 0 Å². The van der Waals surface area contributed by atoms with Crippen LogP contribution in [0.15, 0.2) is 24.3 Å². The van der Waals surface area contributed by atoms with Gasteiger partial charge in [0.25, 0.3) is 0 Å². The molecule has 1 amide bonds. The van der Waals surface area contributed by atoms with E-state index in [0.717, 1.165) is 5.56 Å². The van der Waals surface area contributed by atoms with Crippen LogP contribution in [0.4, 0.5) is 13.2 Å². The molecular formula is C18H25F3N2O. The van der Waals surface area contributed by atoms with Crippen LogP contribution in [-0.4, -0.2) is 30.7 Å². The number of hydrogen-bond donors (Lipinski definition) is 2. The lowest BCUT2D eigenvalue weighted by Gasteiger charge is -2.36. The molecule has 0 saturated carbocycles. The highest BCUT2D eigenvalue weighted by molar-refractivity contribution is 5.82. The van der Waals surface area contributed by atoms with Gasteiger partial charge in [-0.25, -0.2) is 0 Å². The molecule has 134 valence electrons. The number of carbonyl (C=O) groups is 1. The smallest absolute Gasteiger partial charge is 0.344 e. The van der Waals surface area contributed by atoms with Crippen LogP contribution < -0.4 is 10.6 Å². The topological polar surface area (TPSA) is 41.1 Å². The van der Waals surface area contributed by atoms with E-state index < -0.39 is 18.1 Å². The maximum Gasteiger partial charge on any atom is 0.471 e. The normalized spacial score (nSPS) is 25.4. The number of nitrogens with one attached hydrogen (secondary N) is 2. The summed E-state index contributed by atoms with van der Waals surface area (Å²) in [6, 6.07) is 7.46. The van der Waals surface area contributed by atoms with Gasteiger partial charge in [-0.3, -0.25) is 4.79 Å². The molecule has 1 aromatic rings. The Labute approximate surface area is 141 Å². The third kappa shape index (κ3) is 4.50. The second-order valence-corrected chi connectivity index (χ2v) is 7.58. The third-order valence-electron chi connectivity index (χ3n) is 4.65. The number of carbonyl (C=O) groups excluding carboxylic acids is 1. The summed E-state index contributed by atoms with van der Waals surface area (Å²) in [5.74, 6) is -1.79. The molecule has 3 nitrogen and oxygen atoms in total. The highest BCUT2D eigenvalue weighted by Gasteiger charge is 2.41. The molecule has 3 unspecified atom stereocenters. The van der Waals surface area contributed by atoms with E-state index in [9.17, 15) is 18.0 Å². The lowest BCUT2D eigenvalue weighted by Crippen LogP contribution is -2.56. The summed E-state index contributed by atoms with van der Waals surface area (Å²) in [5.41, 5.74) is 2.35. The van der Waals surface area contributed by atoms with Crippen molar-refractivity contribution < 1.29 is 18.0 Å². The molecule has 0 spiro atoms. The molecule has 1 aliphatic heterocycles. The third-order valence-corrected chi connectivity index (χ3v) is 4.65. The zero-order valence-corrected chi connectivity index (χ0v) is 14.5. The molecule has 3 atom stereocenters. The molecule has 1 aromatic carbocycles. The maximum atomic E-state index is 12.5. The number of piperidine rings is 1. The Morgan fingerprint density at radius 2 is 1.75 bits per heavy atom. The number of alkyl halides is 3. The van der Waals surface area contributed by atoms with Gasteiger partial charge >= 0.3 is 12.1 Å². The molecule has 0 radical (unpaired) electrons. The molecule has 6 heteroatoms. The molecule has 2 rings (SSSR count). The van der Waals surface area contributed by atoms with Gasteiger partial charge in [0.1, 0.15) is 0 Å². The average molecular weight is 342 g/mol. The minimum Gasteiger partial charge on any atom is -0.344 e. The SMILES string of the molecule is CC1NCC(c2ccc(C(C)(C)C)cc2)CC1NC(=O)C(F)(F)F. The summed E-state index contributed by atoms with van der Waals surface area (Å²) in [6.45, 7) is 8.88. The van der Waals surface area contributed by atoms with Crippen molar-refractivity contribution in [2.75, 3.05) is 6.54 Å². The predicted octanol–water partition coefficient (Wildman–Crippen LogP) is 3.50. The van der Waals surface area contributed by atoms with Crippen LogP contribution in [-0.2, 0) is 10.2 Å². The summed E-state index contributed by atoms with van der Waals surface area (Å²) < 4.78 is 37.4. The van der Waals surface area contributed by atoms with E-state index in [1.165, 1.54) is 5.56 Å². The van der Waals surface area contributed by atoms with Gasteiger partial charge in [0.05, 0.1) is 0 Å². The Morgan fingerprint density at radius 3 is 2.25 bits per heavy atom. The number of rotatable bonds is 2. The first-order valence-corrected chi connectivity index (χ1v) is 8.20. The van der Waals surface area contributed by atoms with Crippen molar-refractivity contribution in [3.05, 3.63) is 35.4 Å². The van der Waals surface area contributed by atoms with Crippen LogP contribution in [0.3, 0.4) is 0 Å². The van der Waals surface area contributed by atoms with Crippen molar-refractivity contribution in [1.82, 2.24) is 10.6 Å². The molecule has 1 saturated heterocycles. The van der Waals surface area contributed by atoms with E-state index in [0.29, 0.717) is 13.0 Å². The standard InChI is InChI=1S/C18H25F3N2O/c1-11-15(23-16(24)18(19,20)21)9-13(10-22-11)12-5-7-14(8-6-12)17(2,3)4/h5-8,11,13,15,22H,9-10H2,1-4H3,(H,23,24). The fourth-order valence-electron chi connectivity index (χ4n) is 3.01. The Balaban J connectivity index is 2.08. The van der Waals surface area contributed by atoms with E-state index >= 15 is 0 Å². The number of benzene rings is 1. The zero-order chi connectivity index (χ0) is 18.1. The molecule has 0 aliphatic carbocycles. The largest absolute Gasteiger partial charge is 0.471 e. The predicted molar refractivity (Wildman–Crippen MR) is 88.0 cm³/mol. The van der Waals surface area contributed by atoms with Crippen LogP contribution in [0.2, 0.25) is 0 Å². The highest BCUT2D eigenvalue weighted by Crippen LogP contribution is 2.29. The molecule has 1 fully saturated rings. The lowest BCUT2D eigenvalue weighted by molar-refractivity contribution is -0.174. The van der Waals surface area contributed by atoms with E-state index in [2.05, 4.69) is 43.5 Å². The Kier molecular flexibility index (Phi) is 5.28. The number of amides is 1. The van der Waals surface area contributed by atoms with Crippen LogP contribution in [0, 0.1) is 0 Å². The first-order chi connectivity index (χ1) is 11.0. The first-order valence-electron chi connectivity index (χ1n) is 8.20. The van der Waals surface area contributed by atoms with Crippen molar-refractivity contribution in [3.63, 3.8) is 0 Å². The highest BCUT2D eigenvalue weighted by atomic mass is 19.4. The molecule has 1 heterocycles. The quantitative estimate of drug-likeness (QED) is 0.864. The van der Waals surface area contributed by atoms with E-state index in [-0.39, 0.29) is 17.4 Å². The fourth-order valence-corrected chi connectivity index (χ4v) is 3.01. The van der Waals surface area contributed by atoms with Crippen molar-refractivity contribution in [2.24, 2.45) is 0 Å². The van der Waals surface area contributed by atoms with Gasteiger partial charge in [0, 0.05) is 18.6 Å². The second kappa shape index (κ2) is 6.75. The van der Waals surface area contributed by atoms with Crippen LogP contribution in [0.1, 0.15) is 51.2 Å². The summed E-state index contributed by atoms with van der Waals surface area (Å²) >= 11 is 0. The van der Waals surface area contributed by atoms with Crippen LogP contribution >= 0.6 is 0 Å². The summed E-state index contributed by atoms with van der Waals surface area (Å²) in [7, 11) is 0. The Bertz CT molecular complexity index is 575. The Morgan fingerprint density at radius 1 is 1.17 bits per heavy atom. The minimum absolute atomic E-state index is 0.0566. The summed E-state index contributed by atoms with van der Waals surface area (Å²) in [4.78, 5) is 11.2. The Hall–Kier alpha value is -1.56. The van der Waals surface area contributed by atoms with Gasteiger partial charge in [0.2, 0.25) is 0 Å². The van der Waals surface area contributed by atoms with E-state index in [4.69, 9.17) is 0 Å². The fraction of sp³-hybridized carbons (Fsp3) is 0.611. The number of halogens is 3. The summed E-state index contributed by atoms with van der Waals surface area (Å²) in [6.07, 6.45) is -4.36. The zero-order valence-electron chi connectivity index (χ0n) is 14.5. The second-order valence-electron chi connectivity index (χ2n) is 7.58. The molecule has 24 heavy (non-hydrogen) atoms. The van der Waals surface area contributed by atoms with Crippen molar-refractivity contribution in [3.8, 4) is 0 Å². The maximum absolute atomic E-state index is 12.5. The van der Waals surface area contributed by atoms with E-state index in [1.54, 1.807) is 6.92 Å². The van der Waals surface area contributed by atoms with E-state index in [1.807, 2.05) is 12.1 Å².